The fraction of sp³-hybridized carbons (Fsp3) is 0.409. The second-order valence-corrected chi connectivity index (χ2v) is 8.53. The number of imidazole rings is 1. The number of Topliss-reactive ketones (excluding diaryl/α,β-unsaturated/α-hetero) is 1. The van der Waals surface area contributed by atoms with E-state index in [4.69, 9.17) is 21.1 Å². The van der Waals surface area contributed by atoms with Gasteiger partial charge in [-0.3, -0.25) is 23.5 Å². The molecule has 0 aliphatic carbocycles. The first-order chi connectivity index (χ1) is 16.2. The number of ether oxygens (including phenoxy) is 2. The van der Waals surface area contributed by atoms with E-state index < -0.39 is 17.4 Å². The Morgan fingerprint density at radius 3 is 2.74 bits per heavy atom. The highest BCUT2D eigenvalue weighted by atomic mass is 35.5. The third-order valence-corrected chi connectivity index (χ3v) is 6.00. The van der Waals surface area contributed by atoms with Crippen molar-refractivity contribution in [3.8, 4) is 5.75 Å². The lowest BCUT2D eigenvalue weighted by atomic mass is 10.1. The van der Waals surface area contributed by atoms with E-state index in [2.05, 4.69) is 4.98 Å². The molecule has 1 amide bonds. The molecule has 0 spiro atoms. The Balaban J connectivity index is 1.45. The van der Waals surface area contributed by atoms with E-state index >= 15 is 0 Å². The molecule has 3 aromatic rings. The molecule has 11 nitrogen and oxygen atoms in total. The van der Waals surface area contributed by atoms with Gasteiger partial charge in [0.1, 0.15) is 25.0 Å². The van der Waals surface area contributed by atoms with Crippen molar-refractivity contribution in [2.75, 3.05) is 26.3 Å². The third kappa shape index (κ3) is 4.48. The van der Waals surface area contributed by atoms with Crippen LogP contribution in [0.4, 0.5) is 0 Å². The second kappa shape index (κ2) is 9.43. The molecule has 1 saturated heterocycles. The lowest BCUT2D eigenvalue weighted by molar-refractivity contribution is -0.140. The fourth-order valence-electron chi connectivity index (χ4n) is 3.90. The molecule has 34 heavy (non-hydrogen) atoms. The van der Waals surface area contributed by atoms with Crippen LogP contribution in [-0.2, 0) is 30.2 Å². The summed E-state index contributed by atoms with van der Waals surface area (Å²) in [5.74, 6) is 0.00443. The van der Waals surface area contributed by atoms with Crippen molar-refractivity contribution in [2.45, 2.75) is 19.6 Å². The predicted molar refractivity (Wildman–Crippen MR) is 123 cm³/mol. The number of benzene rings is 1. The van der Waals surface area contributed by atoms with Gasteiger partial charge in [-0.15, -0.1) is 0 Å². The Bertz CT molecular complexity index is 1390. The third-order valence-electron chi connectivity index (χ3n) is 5.76. The zero-order valence-electron chi connectivity index (χ0n) is 19.0. The van der Waals surface area contributed by atoms with E-state index in [1.807, 2.05) is 0 Å². The summed E-state index contributed by atoms with van der Waals surface area (Å²) in [7, 11) is 2.90. The monoisotopic (exact) mass is 489 g/mol. The number of aryl methyl sites for hydroxylation is 1. The highest BCUT2D eigenvalue weighted by Gasteiger charge is 2.26. The minimum atomic E-state index is -0.513. The minimum absolute atomic E-state index is 0.108. The number of carbonyl (C=O) groups is 2. The molecule has 12 heteroatoms. The first-order valence-corrected chi connectivity index (χ1v) is 11.0. The minimum Gasteiger partial charge on any atom is -0.490 e. The Kier molecular flexibility index (Phi) is 6.58. The molecule has 0 radical (unpaired) electrons. The van der Waals surface area contributed by atoms with Crippen molar-refractivity contribution >= 4 is 34.5 Å². The van der Waals surface area contributed by atoms with E-state index in [0.717, 1.165) is 4.57 Å². The average molecular weight is 490 g/mol. The van der Waals surface area contributed by atoms with Crippen LogP contribution in [0.1, 0.15) is 17.3 Å². The lowest BCUT2D eigenvalue weighted by Crippen LogP contribution is -2.48. The van der Waals surface area contributed by atoms with Crippen LogP contribution in [0.5, 0.6) is 5.75 Å². The number of hydrogen-bond donors (Lipinski definition) is 0. The lowest BCUT2D eigenvalue weighted by Gasteiger charge is -2.33. The second-order valence-electron chi connectivity index (χ2n) is 8.09. The zero-order chi connectivity index (χ0) is 24.6. The number of ketones is 1. The normalized spacial score (nSPS) is 16.1. The van der Waals surface area contributed by atoms with Gasteiger partial charge in [0.05, 0.1) is 25.0 Å². The van der Waals surface area contributed by atoms with Crippen LogP contribution in [0.2, 0.25) is 5.02 Å². The molecule has 1 aliphatic heterocycles. The van der Waals surface area contributed by atoms with Gasteiger partial charge in [0.15, 0.2) is 16.9 Å². The van der Waals surface area contributed by atoms with Crippen LogP contribution in [0.25, 0.3) is 11.2 Å². The molecule has 1 aromatic carbocycles. The van der Waals surface area contributed by atoms with Gasteiger partial charge in [0.2, 0.25) is 5.91 Å². The SMILES string of the molecule is CC(=O)c1cc(Cl)ccc1OCC1CN(C(=O)Cn2cnc3c2c(=O)n(C)c(=O)n3C)CCO1. The summed E-state index contributed by atoms with van der Waals surface area (Å²) >= 11 is 5.97. The number of rotatable bonds is 6. The molecule has 0 N–H and O–H groups in total. The van der Waals surface area contributed by atoms with Crippen LogP contribution in [0.15, 0.2) is 34.1 Å². The van der Waals surface area contributed by atoms with Gasteiger partial charge in [-0.2, -0.15) is 0 Å². The van der Waals surface area contributed by atoms with Crippen LogP contribution >= 0.6 is 11.6 Å². The van der Waals surface area contributed by atoms with E-state index in [9.17, 15) is 19.2 Å². The van der Waals surface area contributed by atoms with Crippen molar-refractivity contribution in [3.63, 3.8) is 0 Å². The van der Waals surface area contributed by atoms with Gasteiger partial charge in [0, 0.05) is 25.7 Å². The van der Waals surface area contributed by atoms with E-state index in [1.165, 1.54) is 36.5 Å². The van der Waals surface area contributed by atoms with Gasteiger partial charge in [0.25, 0.3) is 5.56 Å². The van der Waals surface area contributed by atoms with Crippen molar-refractivity contribution in [2.24, 2.45) is 14.1 Å². The Morgan fingerprint density at radius 1 is 1.24 bits per heavy atom. The van der Waals surface area contributed by atoms with Crippen LogP contribution < -0.4 is 16.0 Å². The van der Waals surface area contributed by atoms with E-state index in [1.54, 1.807) is 23.1 Å². The number of hydrogen-bond acceptors (Lipinski definition) is 7. The highest BCUT2D eigenvalue weighted by Crippen LogP contribution is 2.24. The molecule has 1 fully saturated rings. The van der Waals surface area contributed by atoms with Gasteiger partial charge in [-0.25, -0.2) is 9.78 Å². The average Bonchev–Trinajstić information content (AvgIpc) is 3.24. The molecule has 3 heterocycles. The van der Waals surface area contributed by atoms with Crippen LogP contribution in [0.3, 0.4) is 0 Å². The van der Waals surface area contributed by atoms with Crippen molar-refractivity contribution in [1.29, 1.82) is 0 Å². The summed E-state index contributed by atoms with van der Waals surface area (Å²) in [6.45, 7) is 2.45. The number of nitrogens with zero attached hydrogens (tertiary/aromatic N) is 5. The largest absolute Gasteiger partial charge is 0.490 e. The Labute approximate surface area is 199 Å². The van der Waals surface area contributed by atoms with Gasteiger partial charge in [-0.05, 0) is 25.1 Å². The first kappa shape index (κ1) is 23.7. The molecule has 1 atom stereocenters. The summed E-state index contributed by atoms with van der Waals surface area (Å²) in [6.07, 6.45) is 0.982. The number of fused-ring (bicyclic) bond motifs is 1. The first-order valence-electron chi connectivity index (χ1n) is 10.6. The smallest absolute Gasteiger partial charge is 0.332 e. The summed E-state index contributed by atoms with van der Waals surface area (Å²) in [6, 6.07) is 4.81. The topological polar surface area (TPSA) is 118 Å². The van der Waals surface area contributed by atoms with Gasteiger partial charge in [-0.1, -0.05) is 11.6 Å². The quantitative estimate of drug-likeness (QED) is 0.465. The fourth-order valence-corrected chi connectivity index (χ4v) is 4.07. The molecule has 0 saturated carbocycles. The van der Waals surface area contributed by atoms with Crippen LogP contribution in [0, 0.1) is 0 Å². The molecular formula is C22H24ClN5O6. The molecule has 180 valence electrons. The van der Waals surface area contributed by atoms with E-state index in [-0.39, 0.29) is 42.6 Å². The maximum atomic E-state index is 13.0. The number of halogens is 1. The predicted octanol–water partition coefficient (Wildman–Crippen LogP) is 0.596. The summed E-state index contributed by atoms with van der Waals surface area (Å²) < 4.78 is 15.2. The molecule has 1 aliphatic rings. The van der Waals surface area contributed by atoms with Crippen molar-refractivity contribution < 1.29 is 19.1 Å². The standard InChI is InChI=1S/C22H24ClN5O6/c1-13(29)16-8-14(23)4-5-17(16)34-11-15-9-27(6-7-33-15)18(30)10-28-12-24-20-19(28)21(31)26(3)22(32)25(20)2/h4-5,8,12,15H,6-7,9-11H2,1-3H3. The summed E-state index contributed by atoms with van der Waals surface area (Å²) in [5.41, 5.74) is -0.220. The maximum absolute atomic E-state index is 13.0. The molecule has 4 rings (SSSR count). The molecule has 1 unspecified atom stereocenters. The van der Waals surface area contributed by atoms with E-state index in [0.29, 0.717) is 29.5 Å². The number of carbonyl (C=O) groups excluding carboxylic acids is 2. The summed E-state index contributed by atoms with van der Waals surface area (Å²) in [5, 5.41) is 0.435. The molecule has 0 bridgehead atoms. The Morgan fingerprint density at radius 2 is 2.00 bits per heavy atom. The van der Waals surface area contributed by atoms with Crippen molar-refractivity contribution in [3.05, 3.63) is 56.0 Å². The summed E-state index contributed by atoms with van der Waals surface area (Å²) in [4.78, 5) is 55.4. The van der Waals surface area contributed by atoms with Gasteiger partial charge < -0.3 is 18.9 Å². The van der Waals surface area contributed by atoms with Gasteiger partial charge >= 0.3 is 5.69 Å². The van der Waals surface area contributed by atoms with Crippen molar-refractivity contribution in [1.82, 2.24) is 23.6 Å². The highest BCUT2D eigenvalue weighted by molar-refractivity contribution is 6.31. The zero-order valence-corrected chi connectivity index (χ0v) is 19.7. The van der Waals surface area contributed by atoms with Crippen LogP contribution in [-0.4, -0.2) is 67.7 Å². The number of aromatic nitrogens is 4. The maximum Gasteiger partial charge on any atom is 0.332 e. The number of morpholine rings is 1. The number of amides is 1. The Hall–Kier alpha value is -3.44. The molecular weight excluding hydrogens is 466 g/mol. The molecule has 2 aromatic heterocycles.